The predicted octanol–water partition coefficient (Wildman–Crippen LogP) is 3.71. The maximum atomic E-state index is 11.1. The lowest BCUT2D eigenvalue weighted by Crippen LogP contribution is -2.07. The van der Waals surface area contributed by atoms with Gasteiger partial charge in [0.1, 0.15) is 0 Å². The first-order valence-electron chi connectivity index (χ1n) is 4.83. The summed E-state index contributed by atoms with van der Waals surface area (Å²) in [6, 6.07) is 0. The highest BCUT2D eigenvalue weighted by Gasteiger charge is 2.23. The van der Waals surface area contributed by atoms with E-state index in [0.717, 1.165) is 10.3 Å². The topological polar surface area (TPSA) is 17.1 Å². The van der Waals surface area contributed by atoms with Crippen molar-refractivity contribution in [1.29, 1.82) is 0 Å². The fourth-order valence-corrected chi connectivity index (χ4v) is 6.84. The Morgan fingerprint density at radius 1 is 1.73 bits per heavy atom. The third kappa shape index (κ3) is 5.61. The van der Waals surface area contributed by atoms with Gasteiger partial charge < -0.3 is 0 Å². The van der Waals surface area contributed by atoms with E-state index < -0.39 is 0 Å². The predicted molar refractivity (Wildman–Crippen MR) is 78.0 cm³/mol. The summed E-state index contributed by atoms with van der Waals surface area (Å²) in [6.45, 7) is 7.84. The molecule has 0 aromatic carbocycles. The third-order valence-corrected chi connectivity index (χ3v) is 7.98. The second-order valence-corrected chi connectivity index (χ2v) is 9.45. The van der Waals surface area contributed by atoms with Gasteiger partial charge in [-0.25, -0.2) is 0 Å². The van der Waals surface area contributed by atoms with E-state index in [0.29, 0.717) is 9.83 Å². The van der Waals surface area contributed by atoms with Crippen molar-refractivity contribution in [3.05, 3.63) is 12.7 Å². The summed E-state index contributed by atoms with van der Waals surface area (Å²) in [5.74, 6) is 2.29. The van der Waals surface area contributed by atoms with Crippen molar-refractivity contribution in [2.45, 2.75) is 28.3 Å². The molecule has 86 valence electrons. The second-order valence-electron chi connectivity index (χ2n) is 3.25. The molecule has 15 heavy (non-hydrogen) atoms. The van der Waals surface area contributed by atoms with E-state index >= 15 is 0 Å². The quantitative estimate of drug-likeness (QED) is 0.712. The molecule has 1 rings (SSSR count). The van der Waals surface area contributed by atoms with Crippen LogP contribution in [0.4, 0.5) is 0 Å². The van der Waals surface area contributed by atoms with E-state index in [2.05, 4.69) is 20.4 Å². The van der Waals surface area contributed by atoms with Gasteiger partial charge in [-0.3, -0.25) is 4.79 Å². The summed E-state index contributed by atoms with van der Waals surface area (Å²) in [5, 5.41) is 0.479. The van der Waals surface area contributed by atoms with Crippen LogP contribution in [-0.4, -0.2) is 31.0 Å². The molecule has 0 aromatic rings. The highest BCUT2D eigenvalue weighted by molar-refractivity contribution is 8.28. The van der Waals surface area contributed by atoms with Crippen molar-refractivity contribution < 1.29 is 4.79 Å². The van der Waals surface area contributed by atoms with Gasteiger partial charge in [0.25, 0.3) is 0 Å². The Morgan fingerprint density at radius 2 is 2.47 bits per heavy atom. The number of rotatable bonds is 5. The van der Waals surface area contributed by atoms with Crippen LogP contribution in [0.5, 0.6) is 0 Å². The summed E-state index contributed by atoms with van der Waals surface area (Å²) < 4.78 is 1.45. The van der Waals surface area contributed by atoms with Crippen LogP contribution in [0.15, 0.2) is 12.7 Å². The highest BCUT2D eigenvalue weighted by atomic mass is 32.2. The van der Waals surface area contributed by atoms with Crippen LogP contribution in [0.2, 0.25) is 0 Å². The van der Waals surface area contributed by atoms with E-state index in [4.69, 9.17) is 0 Å². The molecule has 1 saturated heterocycles. The first kappa shape index (κ1) is 13.9. The Bertz CT molecular complexity index is 231. The molecule has 0 spiro atoms. The van der Waals surface area contributed by atoms with E-state index in [1.54, 1.807) is 0 Å². The molecule has 0 amide bonds. The minimum absolute atomic E-state index is 0.0879. The van der Waals surface area contributed by atoms with Gasteiger partial charge in [0.15, 0.2) is 0 Å². The van der Waals surface area contributed by atoms with E-state index in [1.165, 1.54) is 23.6 Å². The summed E-state index contributed by atoms with van der Waals surface area (Å²) in [6.07, 6.45) is 1.40. The van der Waals surface area contributed by atoms with Crippen molar-refractivity contribution in [3.8, 4) is 0 Å². The number of hydrogen-bond acceptors (Lipinski definition) is 5. The largest absolute Gasteiger partial charge is 0.282 e. The molecule has 3 unspecified atom stereocenters. The fraction of sp³-hybridized carbons (Fsp3) is 0.700. The molecule has 0 N–H and O–H groups in total. The molecule has 0 aromatic heterocycles. The van der Waals surface area contributed by atoms with Gasteiger partial charge in [0, 0.05) is 21.3 Å². The summed E-state index contributed by atoms with van der Waals surface area (Å²) in [5.41, 5.74) is 0. The van der Waals surface area contributed by atoms with E-state index in [1.807, 2.05) is 35.3 Å². The monoisotopic (exact) mass is 280 g/mol. The highest BCUT2D eigenvalue weighted by Crippen LogP contribution is 2.43. The van der Waals surface area contributed by atoms with Crippen molar-refractivity contribution in [2.24, 2.45) is 0 Å². The molecular weight excluding hydrogens is 264 g/mol. The molecule has 1 aliphatic rings. The molecular formula is C10H16OS4. The zero-order chi connectivity index (χ0) is 11.3. The molecule has 0 bridgehead atoms. The normalized spacial score (nSPS) is 27.6. The number of carbonyl (C=O) groups is 1. The molecule has 0 saturated carbocycles. The fourth-order valence-electron chi connectivity index (χ4n) is 1.12. The number of carbonyl (C=O) groups excluding carboxylic acids is 1. The average molecular weight is 281 g/mol. The van der Waals surface area contributed by atoms with Crippen LogP contribution in [0.25, 0.3) is 0 Å². The zero-order valence-corrected chi connectivity index (χ0v) is 12.2. The van der Waals surface area contributed by atoms with Gasteiger partial charge in [0.2, 0.25) is 5.12 Å². The van der Waals surface area contributed by atoms with Gasteiger partial charge >= 0.3 is 0 Å². The molecule has 3 atom stereocenters. The van der Waals surface area contributed by atoms with Crippen LogP contribution in [-0.2, 0) is 4.79 Å². The Labute approximate surface area is 109 Å². The standard InChI is InChI=1S/C10H16OS4/c1-4-9(11)14-7(2)5-13-10-6-12-8(3)15-10/h4,7-8,10H,1,5-6H2,2-3H3. The van der Waals surface area contributed by atoms with Gasteiger partial charge in [-0.1, -0.05) is 25.3 Å². The van der Waals surface area contributed by atoms with E-state index in [9.17, 15) is 4.79 Å². The maximum absolute atomic E-state index is 11.1. The lowest BCUT2D eigenvalue weighted by atomic mass is 10.6. The molecule has 5 heteroatoms. The van der Waals surface area contributed by atoms with Crippen molar-refractivity contribution >= 4 is 52.2 Å². The SMILES string of the molecule is C=CC(=O)SC(C)CSC1CSC(C)S1. The maximum Gasteiger partial charge on any atom is 0.211 e. The first-order valence-corrected chi connectivity index (χ1v) is 8.75. The lowest BCUT2D eigenvalue weighted by molar-refractivity contribution is -0.107. The van der Waals surface area contributed by atoms with Gasteiger partial charge in [0.05, 0.1) is 4.58 Å². The molecule has 1 aliphatic heterocycles. The Hall–Kier alpha value is 0.810. The van der Waals surface area contributed by atoms with Gasteiger partial charge in [-0.05, 0) is 13.0 Å². The van der Waals surface area contributed by atoms with E-state index in [-0.39, 0.29) is 5.12 Å². The van der Waals surface area contributed by atoms with Crippen LogP contribution in [0.1, 0.15) is 13.8 Å². The van der Waals surface area contributed by atoms with Crippen LogP contribution < -0.4 is 0 Å². The summed E-state index contributed by atoms with van der Waals surface area (Å²) >= 11 is 7.44. The Morgan fingerprint density at radius 3 is 3.00 bits per heavy atom. The number of hydrogen-bond donors (Lipinski definition) is 0. The minimum Gasteiger partial charge on any atom is -0.282 e. The zero-order valence-electron chi connectivity index (χ0n) is 8.97. The first-order chi connectivity index (χ1) is 7.11. The van der Waals surface area contributed by atoms with Gasteiger partial charge in [-0.15, -0.1) is 35.3 Å². The summed E-state index contributed by atoms with van der Waals surface area (Å²) in [4.78, 5) is 11.1. The Balaban J connectivity index is 2.13. The second kappa shape index (κ2) is 7.20. The molecule has 1 fully saturated rings. The van der Waals surface area contributed by atoms with Crippen molar-refractivity contribution in [1.82, 2.24) is 0 Å². The lowest BCUT2D eigenvalue weighted by Gasteiger charge is -2.12. The Kier molecular flexibility index (Phi) is 6.66. The van der Waals surface area contributed by atoms with Crippen molar-refractivity contribution in [3.63, 3.8) is 0 Å². The summed E-state index contributed by atoms with van der Waals surface area (Å²) in [7, 11) is 0. The molecule has 0 radical (unpaired) electrons. The molecule has 0 aliphatic carbocycles. The average Bonchev–Trinajstić information content (AvgIpc) is 2.61. The third-order valence-electron chi connectivity index (χ3n) is 1.81. The molecule has 1 heterocycles. The minimum atomic E-state index is 0.0879. The van der Waals surface area contributed by atoms with Crippen LogP contribution >= 0.6 is 47.0 Å². The van der Waals surface area contributed by atoms with Gasteiger partial charge in [-0.2, -0.15) is 0 Å². The molecule has 1 nitrogen and oxygen atoms in total. The van der Waals surface area contributed by atoms with Crippen molar-refractivity contribution in [2.75, 3.05) is 11.5 Å². The number of thioether (sulfide) groups is 4. The van der Waals surface area contributed by atoms with Crippen LogP contribution in [0.3, 0.4) is 0 Å². The van der Waals surface area contributed by atoms with Crippen LogP contribution in [0, 0.1) is 0 Å². The smallest absolute Gasteiger partial charge is 0.211 e.